The van der Waals surface area contributed by atoms with E-state index in [0.717, 1.165) is 39.0 Å². The number of amides is 2. The maximum atomic E-state index is 12.1. The molecule has 0 aliphatic carbocycles. The maximum Gasteiger partial charge on any atom is 0.318 e. The number of fused-ring (bicyclic) bond motifs is 1. The molecule has 2 amide bonds. The molecule has 1 atom stereocenters. The van der Waals surface area contributed by atoms with Crippen molar-refractivity contribution >= 4 is 6.03 Å². The van der Waals surface area contributed by atoms with Crippen LogP contribution in [0.1, 0.15) is 30.4 Å². The van der Waals surface area contributed by atoms with E-state index in [0.29, 0.717) is 12.6 Å². The van der Waals surface area contributed by atoms with Gasteiger partial charge in [0.2, 0.25) is 0 Å². The van der Waals surface area contributed by atoms with E-state index in [-0.39, 0.29) is 6.03 Å². The molecule has 4 nitrogen and oxygen atoms in total. The molecule has 102 valence electrons. The first-order valence-electron chi connectivity index (χ1n) is 7.04. The van der Waals surface area contributed by atoms with Crippen molar-refractivity contribution in [3.8, 4) is 0 Å². The number of nitrogens with one attached hydrogen (secondary N) is 1. The molecule has 19 heavy (non-hydrogen) atoms. The molecular weight excluding hydrogens is 240 g/mol. The highest BCUT2D eigenvalue weighted by Crippen LogP contribution is 2.22. The zero-order valence-electron chi connectivity index (χ0n) is 11.1. The quantitative estimate of drug-likeness (QED) is 0.906. The smallest absolute Gasteiger partial charge is 0.318 e. The van der Waals surface area contributed by atoms with Crippen molar-refractivity contribution in [2.45, 2.75) is 38.5 Å². The van der Waals surface area contributed by atoms with Crippen LogP contribution in [0.25, 0.3) is 0 Å². The summed E-state index contributed by atoms with van der Waals surface area (Å²) in [5.74, 6) is 0. The lowest BCUT2D eigenvalue weighted by Crippen LogP contribution is -2.37. The molecule has 2 aliphatic rings. The number of nitrogens with zero attached hydrogens (tertiary/aromatic N) is 1. The van der Waals surface area contributed by atoms with E-state index in [1.165, 1.54) is 11.1 Å². The second kappa shape index (κ2) is 5.61. The van der Waals surface area contributed by atoms with E-state index in [2.05, 4.69) is 17.4 Å². The van der Waals surface area contributed by atoms with Crippen LogP contribution in [0.5, 0.6) is 0 Å². The first-order valence-corrected chi connectivity index (χ1v) is 7.04. The lowest BCUT2D eigenvalue weighted by atomic mass is 10.1. The summed E-state index contributed by atoms with van der Waals surface area (Å²) in [4.78, 5) is 13.9. The van der Waals surface area contributed by atoms with Gasteiger partial charge in [-0.2, -0.15) is 0 Å². The number of hydrogen-bond donors (Lipinski definition) is 1. The van der Waals surface area contributed by atoms with E-state index in [1.54, 1.807) is 0 Å². The third-order valence-corrected chi connectivity index (χ3v) is 3.89. The Balaban J connectivity index is 1.44. The average molecular weight is 260 g/mol. The second-order valence-electron chi connectivity index (χ2n) is 5.28. The molecule has 0 bridgehead atoms. The molecular formula is C15H20N2O2. The zero-order valence-corrected chi connectivity index (χ0v) is 11.1. The van der Waals surface area contributed by atoms with E-state index in [4.69, 9.17) is 4.74 Å². The summed E-state index contributed by atoms with van der Waals surface area (Å²) < 4.78 is 5.55. The molecule has 3 rings (SSSR count). The molecule has 0 spiro atoms. The van der Waals surface area contributed by atoms with Gasteiger partial charge in [0.15, 0.2) is 0 Å². The summed E-state index contributed by atoms with van der Waals surface area (Å²) in [5, 5.41) is 2.99. The highest BCUT2D eigenvalue weighted by Gasteiger charge is 2.23. The summed E-state index contributed by atoms with van der Waals surface area (Å²) in [6.07, 6.45) is 3.55. The third-order valence-electron chi connectivity index (χ3n) is 3.89. The molecule has 1 aromatic carbocycles. The summed E-state index contributed by atoms with van der Waals surface area (Å²) >= 11 is 0. The van der Waals surface area contributed by atoms with Crippen LogP contribution in [0.2, 0.25) is 0 Å². The lowest BCUT2D eigenvalue weighted by molar-refractivity contribution is 0.104. The summed E-state index contributed by atoms with van der Waals surface area (Å²) in [6.45, 7) is 3.03. The Kier molecular flexibility index (Phi) is 3.69. The normalized spacial score (nSPS) is 21.5. The lowest BCUT2D eigenvalue weighted by Gasteiger charge is -2.17. The van der Waals surface area contributed by atoms with Crippen LogP contribution in [-0.4, -0.2) is 30.2 Å². The Hall–Kier alpha value is -1.55. The Bertz CT molecular complexity index is 430. The standard InChI is InChI=1S/C15H20N2O2/c18-15(16-8-7-14-6-3-9-19-14)17-10-12-4-1-2-5-13(12)11-17/h1-2,4-5,14H,3,6-11H2,(H,16,18)/t14-/m1/s1. The Labute approximate surface area is 113 Å². The molecule has 2 heterocycles. The van der Waals surface area contributed by atoms with Crippen molar-refractivity contribution in [1.29, 1.82) is 0 Å². The summed E-state index contributed by atoms with van der Waals surface area (Å²) in [7, 11) is 0. The topological polar surface area (TPSA) is 41.6 Å². The zero-order chi connectivity index (χ0) is 13.1. The minimum absolute atomic E-state index is 0.0363. The van der Waals surface area contributed by atoms with E-state index >= 15 is 0 Å². The van der Waals surface area contributed by atoms with Gasteiger partial charge >= 0.3 is 6.03 Å². The van der Waals surface area contributed by atoms with Crippen molar-refractivity contribution < 1.29 is 9.53 Å². The van der Waals surface area contributed by atoms with Gasteiger partial charge in [0.05, 0.1) is 6.10 Å². The fraction of sp³-hybridized carbons (Fsp3) is 0.533. The largest absolute Gasteiger partial charge is 0.378 e. The maximum absolute atomic E-state index is 12.1. The molecule has 0 saturated carbocycles. The highest BCUT2D eigenvalue weighted by atomic mass is 16.5. The number of hydrogen-bond acceptors (Lipinski definition) is 2. The van der Waals surface area contributed by atoms with Crippen LogP contribution < -0.4 is 5.32 Å². The first kappa shape index (κ1) is 12.5. The van der Waals surface area contributed by atoms with Gasteiger partial charge in [0.1, 0.15) is 0 Å². The second-order valence-corrected chi connectivity index (χ2v) is 5.28. The highest BCUT2D eigenvalue weighted by molar-refractivity contribution is 5.75. The minimum Gasteiger partial charge on any atom is -0.378 e. The van der Waals surface area contributed by atoms with Crippen molar-refractivity contribution in [2.75, 3.05) is 13.2 Å². The number of rotatable bonds is 3. The number of benzene rings is 1. The van der Waals surface area contributed by atoms with E-state index in [9.17, 15) is 4.79 Å². The van der Waals surface area contributed by atoms with Crippen molar-refractivity contribution in [1.82, 2.24) is 10.2 Å². The van der Waals surface area contributed by atoms with Gasteiger partial charge in [-0.1, -0.05) is 24.3 Å². The molecule has 2 aliphatic heterocycles. The van der Waals surface area contributed by atoms with Crippen LogP contribution in [-0.2, 0) is 17.8 Å². The summed E-state index contributed by atoms with van der Waals surface area (Å²) in [6, 6.07) is 8.27. The van der Waals surface area contributed by atoms with Gasteiger partial charge in [0.25, 0.3) is 0 Å². The van der Waals surface area contributed by atoms with Crippen LogP contribution >= 0.6 is 0 Å². The molecule has 1 N–H and O–H groups in total. The first-order chi connectivity index (χ1) is 9.33. The number of ether oxygens (including phenoxy) is 1. The Morgan fingerprint density at radius 2 is 2.05 bits per heavy atom. The molecule has 0 radical (unpaired) electrons. The molecule has 0 aromatic heterocycles. The third kappa shape index (κ3) is 2.89. The van der Waals surface area contributed by atoms with E-state index < -0.39 is 0 Å². The van der Waals surface area contributed by atoms with Gasteiger partial charge in [-0.25, -0.2) is 4.79 Å². The monoisotopic (exact) mass is 260 g/mol. The van der Waals surface area contributed by atoms with Crippen LogP contribution in [0.4, 0.5) is 4.79 Å². The Morgan fingerprint density at radius 3 is 2.68 bits per heavy atom. The van der Waals surface area contributed by atoms with Gasteiger partial charge in [0, 0.05) is 26.2 Å². The minimum atomic E-state index is 0.0363. The van der Waals surface area contributed by atoms with Gasteiger partial charge in [-0.3, -0.25) is 0 Å². The molecule has 1 aromatic rings. The average Bonchev–Trinajstić information content (AvgIpc) is 3.07. The Morgan fingerprint density at radius 1 is 1.32 bits per heavy atom. The molecule has 1 saturated heterocycles. The van der Waals surface area contributed by atoms with Crippen LogP contribution in [0.15, 0.2) is 24.3 Å². The van der Waals surface area contributed by atoms with Gasteiger partial charge < -0.3 is 15.0 Å². The van der Waals surface area contributed by atoms with Gasteiger partial charge in [-0.15, -0.1) is 0 Å². The fourth-order valence-electron chi connectivity index (χ4n) is 2.80. The number of carbonyl (C=O) groups is 1. The SMILES string of the molecule is O=C(NCC[C@H]1CCCO1)N1Cc2ccccc2C1. The summed E-state index contributed by atoms with van der Waals surface area (Å²) in [5.41, 5.74) is 2.52. The molecule has 1 fully saturated rings. The van der Waals surface area contributed by atoms with Crippen molar-refractivity contribution in [2.24, 2.45) is 0 Å². The predicted octanol–water partition coefficient (Wildman–Crippen LogP) is 2.28. The van der Waals surface area contributed by atoms with Crippen molar-refractivity contribution in [3.63, 3.8) is 0 Å². The van der Waals surface area contributed by atoms with Crippen molar-refractivity contribution in [3.05, 3.63) is 35.4 Å². The molecule has 4 heteroatoms. The number of urea groups is 1. The molecule has 0 unspecified atom stereocenters. The van der Waals surface area contributed by atoms with Crippen LogP contribution in [0.3, 0.4) is 0 Å². The fourth-order valence-corrected chi connectivity index (χ4v) is 2.80. The van der Waals surface area contributed by atoms with Gasteiger partial charge in [-0.05, 0) is 30.4 Å². The van der Waals surface area contributed by atoms with E-state index in [1.807, 2.05) is 17.0 Å². The number of carbonyl (C=O) groups excluding carboxylic acids is 1. The predicted molar refractivity (Wildman–Crippen MR) is 72.7 cm³/mol. The van der Waals surface area contributed by atoms with Crippen LogP contribution in [0, 0.1) is 0 Å².